The maximum absolute atomic E-state index is 12.8. The summed E-state index contributed by atoms with van der Waals surface area (Å²) in [6.07, 6.45) is 0.161. The van der Waals surface area contributed by atoms with Crippen LogP contribution >= 0.6 is 0 Å². The number of carbonyl (C=O) groups is 2. The molecule has 10 heteroatoms. The van der Waals surface area contributed by atoms with Crippen molar-refractivity contribution in [2.24, 2.45) is 0 Å². The van der Waals surface area contributed by atoms with Crippen LogP contribution in [-0.2, 0) is 11.0 Å². The summed E-state index contributed by atoms with van der Waals surface area (Å²) in [4.78, 5) is 31.6. The van der Waals surface area contributed by atoms with Crippen LogP contribution < -0.4 is 10.6 Å². The molecule has 0 saturated carbocycles. The third-order valence-corrected chi connectivity index (χ3v) is 5.51. The van der Waals surface area contributed by atoms with Gasteiger partial charge in [0.1, 0.15) is 0 Å². The number of carboxylic acids is 1. The number of rotatable bonds is 10. The Labute approximate surface area is 206 Å². The standard InChI is InChI=1S/C26H27F3N4O3/c1-3-4-22(21-10-7-18(14-31-21)25(36)30-12-11-23(34)35)33-20-13-16(2)24(32-15-20)17-5-8-19(9-6-17)26(27,28)29/h5-10,13-15,22,33H,3-4,11-12H2,1-2H3,(H,30,36)(H,34,35). The van der Waals surface area contributed by atoms with E-state index in [0.29, 0.717) is 16.8 Å². The van der Waals surface area contributed by atoms with Gasteiger partial charge in [0.05, 0.1) is 46.9 Å². The lowest BCUT2D eigenvalue weighted by atomic mass is 10.0. The predicted molar refractivity (Wildman–Crippen MR) is 130 cm³/mol. The number of carbonyl (C=O) groups excluding carboxylic acids is 1. The molecule has 0 saturated heterocycles. The van der Waals surface area contributed by atoms with Crippen LogP contribution in [0.25, 0.3) is 11.3 Å². The van der Waals surface area contributed by atoms with Crippen LogP contribution in [0, 0.1) is 6.92 Å². The number of nitrogens with zero attached hydrogens (tertiary/aromatic N) is 2. The Hall–Kier alpha value is -3.95. The fourth-order valence-electron chi connectivity index (χ4n) is 3.69. The van der Waals surface area contributed by atoms with Gasteiger partial charge in [-0.3, -0.25) is 19.6 Å². The molecule has 3 N–H and O–H groups in total. The number of nitrogens with one attached hydrogen (secondary N) is 2. The molecule has 36 heavy (non-hydrogen) atoms. The fourth-order valence-corrected chi connectivity index (χ4v) is 3.69. The van der Waals surface area contributed by atoms with Crippen molar-refractivity contribution in [3.8, 4) is 11.3 Å². The number of hydrogen-bond acceptors (Lipinski definition) is 5. The molecule has 3 rings (SSSR count). The van der Waals surface area contributed by atoms with Gasteiger partial charge in [-0.1, -0.05) is 25.5 Å². The molecule has 0 aliphatic rings. The normalized spacial score (nSPS) is 12.1. The molecule has 190 valence electrons. The lowest BCUT2D eigenvalue weighted by Gasteiger charge is -2.20. The topological polar surface area (TPSA) is 104 Å². The number of halogens is 3. The van der Waals surface area contributed by atoms with Gasteiger partial charge in [0.2, 0.25) is 0 Å². The summed E-state index contributed by atoms with van der Waals surface area (Å²) in [6.45, 7) is 3.91. The van der Waals surface area contributed by atoms with Gasteiger partial charge in [-0.05, 0) is 49.2 Å². The number of pyridine rings is 2. The minimum atomic E-state index is -4.39. The number of carboxylic acid groups (broad SMARTS) is 1. The Morgan fingerprint density at radius 2 is 1.78 bits per heavy atom. The molecule has 1 unspecified atom stereocenters. The zero-order valence-electron chi connectivity index (χ0n) is 19.9. The van der Waals surface area contributed by atoms with Gasteiger partial charge in [0.25, 0.3) is 5.91 Å². The number of hydrogen-bond donors (Lipinski definition) is 3. The van der Waals surface area contributed by atoms with E-state index in [0.717, 1.165) is 41.9 Å². The maximum atomic E-state index is 12.8. The van der Waals surface area contributed by atoms with Crippen molar-refractivity contribution in [1.82, 2.24) is 15.3 Å². The largest absolute Gasteiger partial charge is 0.481 e. The average Bonchev–Trinajstić information content (AvgIpc) is 2.83. The lowest BCUT2D eigenvalue weighted by Crippen LogP contribution is -2.26. The number of aromatic nitrogens is 2. The highest BCUT2D eigenvalue weighted by Crippen LogP contribution is 2.32. The SMILES string of the molecule is CCCC(Nc1cnc(-c2ccc(C(F)(F)F)cc2)c(C)c1)c1ccc(C(=O)NCCC(=O)O)cn1. The quantitative estimate of drug-likeness (QED) is 0.333. The van der Waals surface area contributed by atoms with Crippen LogP contribution in [0.2, 0.25) is 0 Å². The summed E-state index contributed by atoms with van der Waals surface area (Å²) in [5.41, 5.74) is 3.08. The second kappa shape index (κ2) is 11.7. The third-order valence-electron chi connectivity index (χ3n) is 5.51. The van der Waals surface area contributed by atoms with Crippen LogP contribution in [0.15, 0.2) is 54.9 Å². The number of benzene rings is 1. The maximum Gasteiger partial charge on any atom is 0.416 e. The van der Waals surface area contributed by atoms with Gasteiger partial charge in [-0.2, -0.15) is 13.2 Å². The summed E-state index contributed by atoms with van der Waals surface area (Å²) >= 11 is 0. The first-order valence-corrected chi connectivity index (χ1v) is 11.4. The van der Waals surface area contributed by atoms with Crippen molar-refractivity contribution in [3.63, 3.8) is 0 Å². The predicted octanol–water partition coefficient (Wildman–Crippen LogP) is 5.63. The van der Waals surface area contributed by atoms with E-state index >= 15 is 0 Å². The van der Waals surface area contributed by atoms with Gasteiger partial charge in [-0.25, -0.2) is 0 Å². The summed E-state index contributed by atoms with van der Waals surface area (Å²) in [7, 11) is 0. The number of anilines is 1. The first kappa shape index (κ1) is 26.7. The highest BCUT2D eigenvalue weighted by Gasteiger charge is 2.30. The Kier molecular flexibility index (Phi) is 8.63. The van der Waals surface area contributed by atoms with Gasteiger partial charge in [-0.15, -0.1) is 0 Å². The molecular formula is C26H27F3N4O3. The molecule has 0 fully saturated rings. The third kappa shape index (κ3) is 7.03. The molecule has 0 aliphatic carbocycles. The van der Waals surface area contributed by atoms with Gasteiger partial charge < -0.3 is 15.7 Å². The van der Waals surface area contributed by atoms with Crippen LogP contribution in [-0.4, -0.2) is 33.5 Å². The Balaban J connectivity index is 1.72. The van der Waals surface area contributed by atoms with Crippen LogP contribution in [0.1, 0.15) is 59.4 Å². The van der Waals surface area contributed by atoms with E-state index < -0.39 is 23.6 Å². The highest BCUT2D eigenvalue weighted by molar-refractivity contribution is 5.94. The van der Waals surface area contributed by atoms with Crippen molar-refractivity contribution in [2.45, 2.75) is 45.3 Å². The van der Waals surface area contributed by atoms with Gasteiger partial charge >= 0.3 is 12.1 Å². The van der Waals surface area contributed by atoms with Crippen LogP contribution in [0.3, 0.4) is 0 Å². The van der Waals surface area contributed by atoms with Crippen LogP contribution in [0.5, 0.6) is 0 Å². The Morgan fingerprint density at radius 1 is 1.06 bits per heavy atom. The smallest absolute Gasteiger partial charge is 0.416 e. The molecule has 3 aromatic rings. The number of aryl methyl sites for hydroxylation is 1. The van der Waals surface area contributed by atoms with Crippen molar-refractivity contribution in [2.75, 3.05) is 11.9 Å². The Morgan fingerprint density at radius 3 is 2.33 bits per heavy atom. The molecule has 2 heterocycles. The summed E-state index contributed by atoms with van der Waals surface area (Å²) in [5.74, 6) is -1.39. The van der Waals surface area contributed by atoms with Crippen molar-refractivity contribution >= 4 is 17.6 Å². The van der Waals surface area contributed by atoms with Crippen LogP contribution in [0.4, 0.5) is 18.9 Å². The first-order chi connectivity index (χ1) is 17.1. The van der Waals surface area contributed by atoms with E-state index in [-0.39, 0.29) is 19.0 Å². The lowest BCUT2D eigenvalue weighted by molar-refractivity contribution is -0.138. The van der Waals surface area contributed by atoms with E-state index in [1.807, 2.05) is 19.9 Å². The number of aliphatic carboxylic acids is 1. The van der Waals surface area contributed by atoms with Gasteiger partial charge in [0, 0.05) is 18.3 Å². The monoisotopic (exact) mass is 500 g/mol. The zero-order valence-corrected chi connectivity index (χ0v) is 19.9. The molecule has 2 aromatic heterocycles. The second-order valence-corrected chi connectivity index (χ2v) is 8.32. The zero-order chi connectivity index (χ0) is 26.3. The van der Waals surface area contributed by atoms with Gasteiger partial charge in [0.15, 0.2) is 0 Å². The van der Waals surface area contributed by atoms with Crippen molar-refractivity contribution < 1.29 is 27.9 Å². The minimum absolute atomic E-state index is 0.0325. The molecule has 1 aromatic carbocycles. The first-order valence-electron chi connectivity index (χ1n) is 11.4. The highest BCUT2D eigenvalue weighted by atomic mass is 19.4. The van der Waals surface area contributed by atoms with Crippen molar-refractivity contribution in [3.05, 3.63) is 77.2 Å². The molecule has 7 nitrogen and oxygen atoms in total. The molecule has 0 radical (unpaired) electrons. The van der Waals surface area contributed by atoms with E-state index in [9.17, 15) is 22.8 Å². The van der Waals surface area contributed by atoms with Crippen molar-refractivity contribution in [1.29, 1.82) is 0 Å². The summed E-state index contributed by atoms with van der Waals surface area (Å²) < 4.78 is 38.5. The van der Waals surface area contributed by atoms with E-state index in [4.69, 9.17) is 5.11 Å². The van der Waals surface area contributed by atoms with E-state index in [1.54, 1.807) is 18.3 Å². The molecule has 1 atom stereocenters. The molecule has 0 aliphatic heterocycles. The number of alkyl halides is 3. The average molecular weight is 501 g/mol. The molecular weight excluding hydrogens is 473 g/mol. The minimum Gasteiger partial charge on any atom is -0.481 e. The second-order valence-electron chi connectivity index (χ2n) is 8.32. The fraction of sp³-hybridized carbons (Fsp3) is 0.308. The van der Waals surface area contributed by atoms with E-state index in [1.165, 1.54) is 18.3 Å². The summed E-state index contributed by atoms with van der Waals surface area (Å²) in [5, 5.41) is 14.6. The summed E-state index contributed by atoms with van der Waals surface area (Å²) in [6, 6.07) is 10.0. The number of amides is 1. The molecule has 1 amide bonds. The molecule has 0 spiro atoms. The van der Waals surface area contributed by atoms with E-state index in [2.05, 4.69) is 20.6 Å². The molecule has 0 bridgehead atoms. The Bertz CT molecular complexity index is 1200.